The quantitative estimate of drug-likeness (QED) is 0.248. The number of carboxylic acid groups (broad SMARTS) is 1. The summed E-state index contributed by atoms with van der Waals surface area (Å²) in [6.07, 6.45) is 26.7. The predicted molar refractivity (Wildman–Crippen MR) is 115 cm³/mol. The minimum absolute atomic E-state index is 0.252. The van der Waals surface area contributed by atoms with Gasteiger partial charge in [0, 0.05) is 6.42 Å². The van der Waals surface area contributed by atoms with Crippen molar-refractivity contribution >= 4 is 11.9 Å². The molecule has 5 heteroatoms. The van der Waals surface area contributed by atoms with Crippen LogP contribution in [-0.4, -0.2) is 34.7 Å². The first-order valence-electron chi connectivity index (χ1n) is 10.3. The molecular weight excluding hydrogens is 354 g/mol. The van der Waals surface area contributed by atoms with Gasteiger partial charge in [0.15, 0.2) is 0 Å². The fraction of sp³-hybridized carbons (Fsp3) is 0.565. The van der Waals surface area contributed by atoms with E-state index in [4.69, 9.17) is 10.2 Å². The Hall–Kier alpha value is -2.14. The van der Waals surface area contributed by atoms with Crippen LogP contribution >= 0.6 is 0 Å². The molecular formula is C23H37NO4. The van der Waals surface area contributed by atoms with Crippen molar-refractivity contribution < 1.29 is 19.8 Å². The summed E-state index contributed by atoms with van der Waals surface area (Å²) in [5, 5.41) is 19.9. The van der Waals surface area contributed by atoms with Crippen LogP contribution in [0.4, 0.5) is 0 Å². The highest BCUT2D eigenvalue weighted by atomic mass is 16.4. The number of unbranched alkanes of at least 4 members (excludes halogenated alkanes) is 4. The van der Waals surface area contributed by atoms with E-state index in [9.17, 15) is 9.59 Å². The molecule has 1 atom stereocenters. The molecule has 0 aliphatic rings. The lowest BCUT2D eigenvalue weighted by Gasteiger charge is -2.10. The third-order valence-electron chi connectivity index (χ3n) is 4.05. The molecule has 0 radical (unpaired) electrons. The molecule has 0 bridgehead atoms. The predicted octanol–water partition coefficient (Wildman–Crippen LogP) is 4.69. The van der Waals surface area contributed by atoms with Crippen LogP contribution in [0.3, 0.4) is 0 Å². The smallest absolute Gasteiger partial charge is 0.328 e. The second-order valence-corrected chi connectivity index (χ2v) is 6.62. The van der Waals surface area contributed by atoms with E-state index in [1.165, 1.54) is 25.7 Å². The number of hydrogen-bond acceptors (Lipinski definition) is 3. The van der Waals surface area contributed by atoms with E-state index in [0.717, 1.165) is 25.7 Å². The Morgan fingerprint density at radius 2 is 1.32 bits per heavy atom. The maximum Gasteiger partial charge on any atom is 0.328 e. The fourth-order valence-electron chi connectivity index (χ4n) is 2.39. The largest absolute Gasteiger partial charge is 0.480 e. The van der Waals surface area contributed by atoms with Crippen LogP contribution in [0.25, 0.3) is 0 Å². The summed E-state index contributed by atoms with van der Waals surface area (Å²) in [6, 6.07) is -1.22. The first-order valence-corrected chi connectivity index (χ1v) is 10.3. The Kier molecular flexibility index (Phi) is 18.1. The van der Waals surface area contributed by atoms with E-state index in [2.05, 4.69) is 54.8 Å². The van der Waals surface area contributed by atoms with Gasteiger partial charge in [-0.2, -0.15) is 0 Å². The van der Waals surface area contributed by atoms with Gasteiger partial charge in [-0.15, -0.1) is 0 Å². The minimum Gasteiger partial charge on any atom is -0.480 e. The zero-order valence-electron chi connectivity index (χ0n) is 17.2. The maximum atomic E-state index is 11.5. The Morgan fingerprint density at radius 3 is 1.79 bits per heavy atom. The van der Waals surface area contributed by atoms with Gasteiger partial charge in [-0.1, -0.05) is 68.4 Å². The summed E-state index contributed by atoms with van der Waals surface area (Å²) >= 11 is 0. The number of aliphatic carboxylic acids is 1. The Balaban J connectivity index is 3.62. The number of hydrogen-bond donors (Lipinski definition) is 3. The molecule has 5 nitrogen and oxygen atoms in total. The van der Waals surface area contributed by atoms with Gasteiger partial charge >= 0.3 is 5.97 Å². The van der Waals surface area contributed by atoms with Crippen molar-refractivity contribution in [1.82, 2.24) is 5.32 Å². The highest BCUT2D eigenvalue weighted by molar-refractivity contribution is 5.83. The Morgan fingerprint density at radius 1 is 0.821 bits per heavy atom. The standard InChI is InChI=1S/C23H37NO4/c1-2-3-4-5-6-7-8-9-10-11-12-13-14-15-16-17-18-19-22(26)24-21(20-25)23(27)28/h6-7,9-10,12-13,15-16,21,25H,2-5,8,11,14,17-20H2,1H3,(H,24,26)(H,27,28)/b7-6-,10-9-,13-12-,16-15-. The van der Waals surface area contributed by atoms with Crippen molar-refractivity contribution in [1.29, 1.82) is 0 Å². The van der Waals surface area contributed by atoms with Crippen LogP contribution in [-0.2, 0) is 9.59 Å². The zero-order chi connectivity index (χ0) is 20.9. The third kappa shape index (κ3) is 17.3. The number of nitrogens with one attached hydrogen (secondary N) is 1. The van der Waals surface area contributed by atoms with E-state index >= 15 is 0 Å². The molecule has 0 rings (SSSR count). The van der Waals surface area contributed by atoms with Crippen LogP contribution in [0.2, 0.25) is 0 Å². The minimum atomic E-state index is -1.23. The Labute approximate surface area is 169 Å². The lowest BCUT2D eigenvalue weighted by Crippen LogP contribution is -2.43. The molecule has 0 fully saturated rings. The van der Waals surface area contributed by atoms with Crippen LogP contribution in [0.15, 0.2) is 48.6 Å². The SMILES string of the molecule is CCCCC/C=C\C/C=C\C/C=C\C/C=C\CCCC(=O)NC(CO)C(=O)O. The van der Waals surface area contributed by atoms with E-state index in [0.29, 0.717) is 6.42 Å². The van der Waals surface area contributed by atoms with Gasteiger partial charge in [0.05, 0.1) is 6.61 Å². The molecule has 0 aromatic rings. The van der Waals surface area contributed by atoms with Crippen molar-refractivity contribution in [2.45, 2.75) is 77.2 Å². The molecule has 0 aromatic heterocycles. The van der Waals surface area contributed by atoms with E-state index in [-0.39, 0.29) is 12.3 Å². The normalized spacial score (nSPS) is 13.2. The summed E-state index contributed by atoms with van der Waals surface area (Å²) < 4.78 is 0. The highest BCUT2D eigenvalue weighted by Gasteiger charge is 2.17. The summed E-state index contributed by atoms with van der Waals surface area (Å²) in [4.78, 5) is 22.2. The number of aliphatic hydroxyl groups is 1. The van der Waals surface area contributed by atoms with Crippen molar-refractivity contribution in [3.05, 3.63) is 48.6 Å². The molecule has 1 amide bonds. The second kappa shape index (κ2) is 19.6. The number of carbonyl (C=O) groups is 2. The van der Waals surface area contributed by atoms with Gasteiger partial charge in [0.25, 0.3) is 0 Å². The van der Waals surface area contributed by atoms with Gasteiger partial charge in [-0.3, -0.25) is 4.79 Å². The van der Waals surface area contributed by atoms with Crippen molar-refractivity contribution in [3.8, 4) is 0 Å². The van der Waals surface area contributed by atoms with Crippen LogP contribution in [0, 0.1) is 0 Å². The molecule has 0 heterocycles. The van der Waals surface area contributed by atoms with Gasteiger partial charge in [-0.25, -0.2) is 4.79 Å². The number of aliphatic hydroxyl groups excluding tert-OH is 1. The summed E-state index contributed by atoms with van der Waals surface area (Å²) in [5.41, 5.74) is 0. The molecule has 3 N–H and O–H groups in total. The lowest BCUT2D eigenvalue weighted by atomic mass is 10.2. The van der Waals surface area contributed by atoms with Crippen LogP contribution < -0.4 is 5.32 Å². The van der Waals surface area contributed by atoms with E-state index < -0.39 is 18.6 Å². The molecule has 0 spiro atoms. The molecule has 0 saturated heterocycles. The van der Waals surface area contributed by atoms with E-state index in [1.54, 1.807) is 0 Å². The van der Waals surface area contributed by atoms with Crippen molar-refractivity contribution in [2.75, 3.05) is 6.61 Å². The average molecular weight is 392 g/mol. The first kappa shape index (κ1) is 25.9. The number of carbonyl (C=O) groups excluding carboxylic acids is 1. The second-order valence-electron chi connectivity index (χ2n) is 6.62. The number of carboxylic acids is 1. The highest BCUT2D eigenvalue weighted by Crippen LogP contribution is 2.01. The number of allylic oxidation sites excluding steroid dienone is 8. The zero-order valence-corrected chi connectivity index (χ0v) is 17.2. The molecule has 1 unspecified atom stereocenters. The summed E-state index contributed by atoms with van der Waals surface area (Å²) in [6.45, 7) is 1.62. The number of amides is 1. The van der Waals surface area contributed by atoms with Crippen LogP contribution in [0.1, 0.15) is 71.1 Å². The van der Waals surface area contributed by atoms with E-state index in [1.807, 2.05) is 6.08 Å². The summed E-state index contributed by atoms with van der Waals surface area (Å²) in [7, 11) is 0. The molecule has 0 aliphatic heterocycles. The maximum absolute atomic E-state index is 11.5. The molecule has 158 valence electrons. The monoisotopic (exact) mass is 391 g/mol. The van der Waals surface area contributed by atoms with Crippen molar-refractivity contribution in [3.63, 3.8) is 0 Å². The fourth-order valence-corrected chi connectivity index (χ4v) is 2.39. The molecule has 0 aliphatic carbocycles. The van der Waals surface area contributed by atoms with Crippen LogP contribution in [0.5, 0.6) is 0 Å². The average Bonchev–Trinajstić information content (AvgIpc) is 2.68. The molecule has 0 saturated carbocycles. The topological polar surface area (TPSA) is 86.6 Å². The van der Waals surface area contributed by atoms with Gasteiger partial charge in [0.1, 0.15) is 6.04 Å². The number of rotatable bonds is 17. The molecule has 0 aromatic carbocycles. The third-order valence-corrected chi connectivity index (χ3v) is 4.05. The lowest BCUT2D eigenvalue weighted by molar-refractivity contribution is -0.142. The van der Waals surface area contributed by atoms with Gasteiger partial charge in [-0.05, 0) is 44.9 Å². The van der Waals surface area contributed by atoms with Gasteiger partial charge in [0.2, 0.25) is 5.91 Å². The van der Waals surface area contributed by atoms with Gasteiger partial charge < -0.3 is 15.5 Å². The molecule has 28 heavy (non-hydrogen) atoms. The first-order chi connectivity index (χ1) is 13.6. The summed E-state index contributed by atoms with van der Waals surface area (Å²) in [5.74, 6) is -1.58. The van der Waals surface area contributed by atoms with Crippen molar-refractivity contribution in [2.24, 2.45) is 0 Å². The Bertz CT molecular complexity index is 521.